The molecule has 1 aromatic heterocycles. The molecule has 3 rings (SSSR count). The number of nitrogens with zero attached hydrogens (tertiary/aromatic N) is 5. The van der Waals surface area contributed by atoms with E-state index in [0.29, 0.717) is 6.54 Å². The highest BCUT2D eigenvalue weighted by Crippen LogP contribution is 2.09. The molecule has 0 bridgehead atoms. The van der Waals surface area contributed by atoms with Gasteiger partial charge in [-0.25, -0.2) is 23.2 Å². The Morgan fingerprint density at radius 3 is 2.32 bits per heavy atom. The minimum Gasteiger partial charge on any atom is -0.338 e. The van der Waals surface area contributed by atoms with E-state index in [0.717, 1.165) is 38.7 Å². The van der Waals surface area contributed by atoms with E-state index >= 15 is 0 Å². The van der Waals surface area contributed by atoms with E-state index in [-0.39, 0.29) is 30.6 Å². The Morgan fingerprint density at radius 1 is 1.04 bits per heavy atom. The van der Waals surface area contributed by atoms with Gasteiger partial charge in [0.05, 0.1) is 11.5 Å². The Labute approximate surface area is 147 Å². The van der Waals surface area contributed by atoms with Crippen molar-refractivity contribution in [3.63, 3.8) is 0 Å². The maximum absolute atomic E-state index is 12.1. The fraction of sp³-hybridized carbons (Fsp3) is 0.667. The van der Waals surface area contributed by atoms with Gasteiger partial charge < -0.3 is 15.1 Å². The molecule has 2 aliphatic heterocycles. The van der Waals surface area contributed by atoms with Crippen molar-refractivity contribution in [1.82, 2.24) is 25.1 Å². The van der Waals surface area contributed by atoms with Crippen LogP contribution in [0.15, 0.2) is 18.5 Å². The summed E-state index contributed by atoms with van der Waals surface area (Å²) in [4.78, 5) is 26.6. The molecule has 0 spiro atoms. The van der Waals surface area contributed by atoms with E-state index in [2.05, 4.69) is 25.1 Å². The first-order chi connectivity index (χ1) is 12.0. The molecule has 0 saturated carbocycles. The van der Waals surface area contributed by atoms with Gasteiger partial charge in [0.1, 0.15) is 0 Å². The SMILES string of the molecule is O=C(NCCN1CCN(c2ncccn2)CC1)N1CCS(=O)(=O)CC1. The fourth-order valence-electron chi connectivity index (χ4n) is 2.97. The number of anilines is 1. The summed E-state index contributed by atoms with van der Waals surface area (Å²) in [6.07, 6.45) is 3.49. The molecule has 2 fully saturated rings. The number of carbonyl (C=O) groups is 1. The Kier molecular flexibility index (Phi) is 5.69. The second-order valence-corrected chi connectivity index (χ2v) is 8.55. The quantitative estimate of drug-likeness (QED) is 0.731. The van der Waals surface area contributed by atoms with E-state index in [1.165, 1.54) is 0 Å². The molecule has 0 atom stereocenters. The summed E-state index contributed by atoms with van der Waals surface area (Å²) in [7, 11) is -2.96. The normalized spacial score (nSPS) is 21.1. The number of hydrogen-bond acceptors (Lipinski definition) is 7. The summed E-state index contributed by atoms with van der Waals surface area (Å²) >= 11 is 0. The highest BCUT2D eigenvalue weighted by atomic mass is 32.2. The van der Waals surface area contributed by atoms with Crippen LogP contribution in [0.5, 0.6) is 0 Å². The first-order valence-corrected chi connectivity index (χ1v) is 10.3. The lowest BCUT2D eigenvalue weighted by atomic mass is 10.3. The van der Waals surface area contributed by atoms with Crippen LogP contribution in [0.3, 0.4) is 0 Å². The predicted molar refractivity (Wildman–Crippen MR) is 94.3 cm³/mol. The van der Waals surface area contributed by atoms with Gasteiger partial charge in [0, 0.05) is 64.8 Å². The maximum Gasteiger partial charge on any atom is 0.317 e. The molecule has 9 nitrogen and oxygen atoms in total. The Balaban J connectivity index is 1.34. The fourth-order valence-corrected chi connectivity index (χ4v) is 4.18. The lowest BCUT2D eigenvalue weighted by molar-refractivity contribution is 0.197. The van der Waals surface area contributed by atoms with Gasteiger partial charge in [-0.2, -0.15) is 0 Å². The number of nitrogens with one attached hydrogen (secondary N) is 1. The molecule has 0 aliphatic carbocycles. The molecular formula is C15H24N6O3S. The average molecular weight is 368 g/mol. The molecule has 1 aromatic rings. The number of rotatable bonds is 4. The number of hydrogen-bond donors (Lipinski definition) is 1. The van der Waals surface area contributed by atoms with Crippen LogP contribution in [0.1, 0.15) is 0 Å². The summed E-state index contributed by atoms with van der Waals surface area (Å²) in [5, 5.41) is 2.88. The van der Waals surface area contributed by atoms with Crippen LogP contribution >= 0.6 is 0 Å². The molecular weight excluding hydrogens is 344 g/mol. The highest BCUT2D eigenvalue weighted by molar-refractivity contribution is 7.91. The van der Waals surface area contributed by atoms with E-state index in [9.17, 15) is 13.2 Å². The van der Waals surface area contributed by atoms with Crippen molar-refractivity contribution in [2.45, 2.75) is 0 Å². The molecule has 0 unspecified atom stereocenters. The van der Waals surface area contributed by atoms with Crippen molar-refractivity contribution >= 4 is 21.8 Å². The largest absolute Gasteiger partial charge is 0.338 e. The zero-order valence-electron chi connectivity index (χ0n) is 14.2. The second-order valence-electron chi connectivity index (χ2n) is 6.25. The lowest BCUT2D eigenvalue weighted by Crippen LogP contribution is -2.51. The first kappa shape index (κ1) is 17.9. The van der Waals surface area contributed by atoms with Crippen LogP contribution in [0.25, 0.3) is 0 Å². The summed E-state index contributed by atoms with van der Waals surface area (Å²) in [5.41, 5.74) is 0. The second kappa shape index (κ2) is 7.96. The molecule has 2 aliphatic rings. The zero-order valence-corrected chi connectivity index (χ0v) is 15.0. The summed E-state index contributed by atoms with van der Waals surface area (Å²) in [6.45, 7) is 5.43. The third kappa shape index (κ3) is 5.02. The van der Waals surface area contributed by atoms with Crippen LogP contribution in [0, 0.1) is 0 Å². The first-order valence-electron chi connectivity index (χ1n) is 8.51. The van der Waals surface area contributed by atoms with Gasteiger partial charge >= 0.3 is 6.03 Å². The average Bonchev–Trinajstić information content (AvgIpc) is 2.63. The maximum atomic E-state index is 12.1. The van der Waals surface area contributed by atoms with Gasteiger partial charge in [0.2, 0.25) is 5.95 Å². The van der Waals surface area contributed by atoms with Crippen LogP contribution in [0.2, 0.25) is 0 Å². The standard InChI is InChI=1S/C15H24N6O3S/c22-15(21-10-12-25(23,24)13-11-21)18-4-5-19-6-8-20(9-7-19)14-16-2-1-3-17-14/h1-3H,4-13H2,(H,18,22). The minimum atomic E-state index is -2.96. The third-order valence-electron chi connectivity index (χ3n) is 4.54. The Hall–Kier alpha value is -1.94. The molecule has 2 amide bonds. The third-order valence-corrected chi connectivity index (χ3v) is 6.15. The smallest absolute Gasteiger partial charge is 0.317 e. The highest BCUT2D eigenvalue weighted by Gasteiger charge is 2.25. The van der Waals surface area contributed by atoms with Gasteiger partial charge in [0.15, 0.2) is 9.84 Å². The number of urea groups is 1. The lowest BCUT2D eigenvalue weighted by Gasteiger charge is -2.34. The van der Waals surface area contributed by atoms with E-state index in [1.807, 2.05) is 0 Å². The topological polar surface area (TPSA) is 98.7 Å². The van der Waals surface area contributed by atoms with Crippen LogP contribution in [-0.4, -0.2) is 98.1 Å². The van der Waals surface area contributed by atoms with E-state index in [4.69, 9.17) is 0 Å². The van der Waals surface area contributed by atoms with Crippen molar-refractivity contribution in [3.8, 4) is 0 Å². The van der Waals surface area contributed by atoms with Crippen molar-refractivity contribution in [2.75, 3.05) is 68.8 Å². The summed E-state index contributed by atoms with van der Waals surface area (Å²) in [5.74, 6) is 0.879. The van der Waals surface area contributed by atoms with Crippen molar-refractivity contribution in [2.24, 2.45) is 0 Å². The molecule has 2 saturated heterocycles. The zero-order chi connectivity index (χ0) is 17.7. The monoisotopic (exact) mass is 368 g/mol. The molecule has 0 aromatic carbocycles. The molecule has 138 valence electrons. The van der Waals surface area contributed by atoms with Gasteiger partial charge in [0.25, 0.3) is 0 Å². The van der Waals surface area contributed by atoms with Gasteiger partial charge in [-0.15, -0.1) is 0 Å². The molecule has 10 heteroatoms. The van der Waals surface area contributed by atoms with E-state index < -0.39 is 9.84 Å². The van der Waals surface area contributed by atoms with Gasteiger partial charge in [-0.1, -0.05) is 0 Å². The van der Waals surface area contributed by atoms with Gasteiger partial charge in [-0.05, 0) is 6.07 Å². The Morgan fingerprint density at radius 2 is 1.68 bits per heavy atom. The Bertz CT molecular complexity index is 662. The van der Waals surface area contributed by atoms with Crippen LogP contribution < -0.4 is 10.2 Å². The number of carbonyl (C=O) groups excluding carboxylic acids is 1. The van der Waals surface area contributed by atoms with E-state index in [1.54, 1.807) is 23.4 Å². The molecule has 1 N–H and O–H groups in total. The number of amides is 2. The van der Waals surface area contributed by atoms with Crippen molar-refractivity contribution < 1.29 is 13.2 Å². The minimum absolute atomic E-state index is 0.0595. The van der Waals surface area contributed by atoms with Crippen LogP contribution in [0.4, 0.5) is 10.7 Å². The number of aromatic nitrogens is 2. The molecule has 0 radical (unpaired) electrons. The van der Waals surface area contributed by atoms with Gasteiger partial charge in [-0.3, -0.25) is 4.90 Å². The molecule has 3 heterocycles. The number of piperazine rings is 1. The summed E-state index contributed by atoms with van der Waals surface area (Å²) in [6, 6.07) is 1.63. The van der Waals surface area contributed by atoms with Crippen LogP contribution in [-0.2, 0) is 9.84 Å². The van der Waals surface area contributed by atoms with Crippen molar-refractivity contribution in [3.05, 3.63) is 18.5 Å². The van der Waals surface area contributed by atoms with Crippen molar-refractivity contribution in [1.29, 1.82) is 0 Å². The predicted octanol–water partition coefficient (Wildman–Crippen LogP) is -0.961. The summed E-state index contributed by atoms with van der Waals surface area (Å²) < 4.78 is 22.8. The number of sulfone groups is 1. The molecule has 25 heavy (non-hydrogen) atoms.